The molecule has 0 spiro atoms. The van der Waals surface area contributed by atoms with Gasteiger partial charge < -0.3 is 9.80 Å². The highest BCUT2D eigenvalue weighted by Gasteiger charge is 2.49. The van der Waals surface area contributed by atoms with Crippen molar-refractivity contribution < 1.29 is 0 Å². The number of nitrogens with zero attached hydrogens (tertiary/aromatic N) is 2. The molecule has 4 heterocycles. The minimum Gasteiger partial charge on any atom is -0.311 e. The van der Waals surface area contributed by atoms with Crippen molar-refractivity contribution in [2.24, 2.45) is 0 Å². The van der Waals surface area contributed by atoms with Crippen molar-refractivity contribution in [2.75, 3.05) is 9.80 Å². The summed E-state index contributed by atoms with van der Waals surface area (Å²) in [6, 6.07) is 77.2. The van der Waals surface area contributed by atoms with E-state index in [1.807, 2.05) is 0 Å². The highest BCUT2D eigenvalue weighted by molar-refractivity contribution is 7.05. The second-order valence-electron chi connectivity index (χ2n) is 16.6. The van der Waals surface area contributed by atoms with Crippen LogP contribution in [0.2, 0.25) is 0 Å². The van der Waals surface area contributed by atoms with Gasteiger partial charge in [0, 0.05) is 34.1 Å². The van der Waals surface area contributed by atoms with Crippen LogP contribution in [0.1, 0.15) is 0 Å². The van der Waals surface area contributed by atoms with Crippen molar-refractivity contribution in [1.82, 2.24) is 0 Å². The molecule has 4 heteroatoms. The van der Waals surface area contributed by atoms with Crippen molar-refractivity contribution in [2.45, 2.75) is 0 Å². The van der Waals surface area contributed by atoms with E-state index in [-0.39, 0.29) is 13.4 Å². The van der Waals surface area contributed by atoms with E-state index in [9.17, 15) is 0 Å². The van der Waals surface area contributed by atoms with E-state index in [2.05, 4.69) is 216 Å². The van der Waals surface area contributed by atoms with Crippen molar-refractivity contribution in [3.8, 4) is 33.4 Å². The van der Waals surface area contributed by atoms with Gasteiger partial charge in [-0.2, -0.15) is 0 Å². The molecule has 274 valence electrons. The quantitative estimate of drug-likeness (QED) is 0.130. The zero-order chi connectivity index (χ0) is 39.1. The molecule has 2 nitrogen and oxygen atoms in total. The summed E-state index contributed by atoms with van der Waals surface area (Å²) in [6.07, 6.45) is 0. The van der Waals surface area contributed by atoms with Gasteiger partial charge in [0.05, 0.1) is 0 Å². The van der Waals surface area contributed by atoms with Crippen molar-refractivity contribution in [1.29, 1.82) is 0 Å². The maximum absolute atomic E-state index is 2.55. The van der Waals surface area contributed by atoms with Crippen molar-refractivity contribution in [3.63, 3.8) is 0 Å². The second-order valence-corrected chi connectivity index (χ2v) is 16.6. The van der Waals surface area contributed by atoms with E-state index in [0.717, 1.165) is 0 Å². The third-order valence-corrected chi connectivity index (χ3v) is 13.8. The van der Waals surface area contributed by atoms with Crippen LogP contribution in [0.3, 0.4) is 0 Å². The summed E-state index contributed by atoms with van der Waals surface area (Å²) in [6.45, 7) is 0.103. The molecule has 60 heavy (non-hydrogen) atoms. The van der Waals surface area contributed by atoms with E-state index in [1.165, 1.54) is 122 Å². The summed E-state index contributed by atoms with van der Waals surface area (Å²) in [5, 5.41) is 5.41. The summed E-state index contributed by atoms with van der Waals surface area (Å²) < 4.78 is 0. The molecule has 4 aliphatic heterocycles. The lowest BCUT2D eigenvalue weighted by Crippen LogP contribution is -2.66. The Morgan fingerprint density at radius 2 is 0.733 bits per heavy atom. The van der Waals surface area contributed by atoms with E-state index in [1.54, 1.807) is 0 Å². The first kappa shape index (κ1) is 32.4. The van der Waals surface area contributed by atoms with E-state index in [4.69, 9.17) is 0 Å². The molecular weight excluding hydrogens is 722 g/mol. The topological polar surface area (TPSA) is 6.48 Å². The van der Waals surface area contributed by atoms with Crippen LogP contribution in [0.4, 0.5) is 34.1 Å². The summed E-state index contributed by atoms with van der Waals surface area (Å²) in [5.41, 5.74) is 23.5. The lowest BCUT2D eigenvalue weighted by atomic mass is 9.26. The number of fused-ring (bicyclic) bond motifs is 6. The first-order chi connectivity index (χ1) is 29.8. The molecule has 0 amide bonds. The Labute approximate surface area is 349 Å². The van der Waals surface area contributed by atoms with Gasteiger partial charge >= 0.3 is 0 Å². The van der Waals surface area contributed by atoms with E-state index < -0.39 is 0 Å². The zero-order valence-corrected chi connectivity index (χ0v) is 32.7. The van der Waals surface area contributed by atoms with Crippen LogP contribution in [0, 0.1) is 0 Å². The summed E-state index contributed by atoms with van der Waals surface area (Å²) >= 11 is 0. The second kappa shape index (κ2) is 12.0. The smallest absolute Gasteiger partial charge is 0.248 e. The Hall–Kier alpha value is -7.55. The number of hydrogen-bond donors (Lipinski definition) is 0. The summed E-state index contributed by atoms with van der Waals surface area (Å²) in [7, 11) is 0. The standard InChI is InChI=1S/C56H34B2N2/c1-4-18-35(19-5-1)38-24-10-11-25-39(38)50-40-26-16-30-44-51(40)53-52-41(50)27-17-31-45(52)58-43-29-13-15-33-47(43)60(37-22-8-3-9-23-37)49-34-48-55(54(53)56(49)58)57(44)42-28-12-14-32-46(42)59(48)36-20-6-2-7-21-36/h1-34H. The number of benzene rings is 10. The van der Waals surface area contributed by atoms with Gasteiger partial charge in [-0.15, -0.1) is 0 Å². The molecule has 0 fully saturated rings. The number of para-hydroxylation sites is 4. The molecule has 10 aromatic carbocycles. The third kappa shape index (κ3) is 4.10. The van der Waals surface area contributed by atoms with Crippen LogP contribution >= 0.6 is 0 Å². The maximum atomic E-state index is 2.55. The highest BCUT2D eigenvalue weighted by Crippen LogP contribution is 2.52. The first-order valence-electron chi connectivity index (χ1n) is 21.1. The van der Waals surface area contributed by atoms with E-state index >= 15 is 0 Å². The number of hydrogen-bond acceptors (Lipinski definition) is 2. The van der Waals surface area contributed by atoms with Gasteiger partial charge in [-0.25, -0.2) is 0 Å². The van der Waals surface area contributed by atoms with Gasteiger partial charge in [-0.3, -0.25) is 0 Å². The molecule has 0 N–H and O–H groups in total. The third-order valence-electron chi connectivity index (χ3n) is 13.8. The Bertz CT molecular complexity index is 3270. The molecule has 0 atom stereocenters. The molecule has 0 saturated carbocycles. The molecule has 4 aliphatic rings. The van der Waals surface area contributed by atoms with Gasteiger partial charge in [0.15, 0.2) is 0 Å². The Kier molecular flexibility index (Phi) is 6.48. The predicted octanol–water partition coefficient (Wildman–Crippen LogP) is 10.2. The van der Waals surface area contributed by atoms with Crippen LogP contribution in [-0.4, -0.2) is 13.4 Å². The number of anilines is 6. The molecule has 0 aliphatic carbocycles. The minimum atomic E-state index is 0.0515. The van der Waals surface area contributed by atoms with Gasteiger partial charge in [0.1, 0.15) is 0 Å². The fourth-order valence-electron chi connectivity index (χ4n) is 11.7. The Balaban J connectivity index is 1.22. The molecule has 0 saturated heterocycles. The largest absolute Gasteiger partial charge is 0.311 e. The maximum Gasteiger partial charge on any atom is 0.248 e. The van der Waals surface area contributed by atoms with Gasteiger partial charge in [-0.05, 0) is 119 Å². The summed E-state index contributed by atoms with van der Waals surface area (Å²) in [4.78, 5) is 5.09. The van der Waals surface area contributed by atoms with Crippen molar-refractivity contribution >= 4 is 102 Å². The Morgan fingerprint density at radius 1 is 0.300 bits per heavy atom. The van der Waals surface area contributed by atoms with Gasteiger partial charge in [-0.1, -0.05) is 175 Å². The monoisotopic (exact) mass is 756 g/mol. The zero-order valence-electron chi connectivity index (χ0n) is 32.7. The van der Waals surface area contributed by atoms with Gasteiger partial charge in [0.25, 0.3) is 0 Å². The van der Waals surface area contributed by atoms with Crippen LogP contribution in [0.25, 0.3) is 54.9 Å². The SMILES string of the molecule is c1ccc(-c2ccccc2-c2c3cccc4c3c3c5c(cccc25)B2c5ccccc5N(c5ccccc5)c5cc6c(c-3c52)B4c2ccccc2N6c2ccccc2)cc1. The van der Waals surface area contributed by atoms with E-state index in [0.29, 0.717) is 0 Å². The number of rotatable bonds is 4. The molecular formula is C56H34B2N2. The normalized spacial score (nSPS) is 13.5. The average Bonchev–Trinajstić information content (AvgIpc) is 3.32. The fourth-order valence-corrected chi connectivity index (χ4v) is 11.7. The minimum absolute atomic E-state index is 0.0515. The molecule has 0 bridgehead atoms. The molecule has 10 aromatic rings. The molecule has 0 aromatic heterocycles. The fraction of sp³-hybridized carbons (Fsp3) is 0. The Morgan fingerprint density at radius 3 is 1.27 bits per heavy atom. The van der Waals surface area contributed by atoms with Crippen LogP contribution < -0.4 is 42.6 Å². The molecule has 14 rings (SSSR count). The van der Waals surface area contributed by atoms with Gasteiger partial charge in [0.2, 0.25) is 13.4 Å². The molecule has 0 radical (unpaired) electrons. The molecule has 0 unspecified atom stereocenters. The lowest BCUT2D eigenvalue weighted by molar-refractivity contribution is 1.26. The first-order valence-corrected chi connectivity index (χ1v) is 21.1. The predicted molar refractivity (Wildman–Crippen MR) is 256 cm³/mol. The van der Waals surface area contributed by atoms with Crippen LogP contribution in [-0.2, 0) is 0 Å². The van der Waals surface area contributed by atoms with Crippen molar-refractivity contribution in [3.05, 3.63) is 206 Å². The highest BCUT2D eigenvalue weighted by atomic mass is 15.2. The van der Waals surface area contributed by atoms with Crippen LogP contribution in [0.15, 0.2) is 206 Å². The van der Waals surface area contributed by atoms with Crippen LogP contribution in [0.5, 0.6) is 0 Å². The lowest BCUT2D eigenvalue weighted by Gasteiger charge is -2.47. The average molecular weight is 757 g/mol. The summed E-state index contributed by atoms with van der Waals surface area (Å²) in [5.74, 6) is 0.